The fraction of sp³-hybridized carbons (Fsp3) is 0.0938. The number of benzene rings is 4. The number of aryl methyl sites for hydroxylation is 2. The molecule has 1 N–H and O–H groups in total. The minimum absolute atomic E-state index is 0.283. The van der Waals surface area contributed by atoms with Crippen LogP contribution in [0.25, 0.3) is 5.69 Å². The zero-order valence-corrected chi connectivity index (χ0v) is 21.5. The van der Waals surface area contributed by atoms with Crippen molar-refractivity contribution >= 4 is 34.6 Å². The summed E-state index contributed by atoms with van der Waals surface area (Å²) >= 11 is 0. The molecule has 6 nitrogen and oxygen atoms in total. The van der Waals surface area contributed by atoms with Gasteiger partial charge in [0.1, 0.15) is 5.82 Å². The number of aromatic nitrogens is 2. The fourth-order valence-electron chi connectivity index (χ4n) is 5.31. The summed E-state index contributed by atoms with van der Waals surface area (Å²) in [6.07, 6.45) is 0. The molecule has 0 amide bonds. The van der Waals surface area contributed by atoms with Gasteiger partial charge in [0, 0.05) is 16.8 Å². The number of aliphatic imine (C=N–C) groups is 2. The standard InChI is InChI=1S/C32H25FN6/c1-20-16-18-23(19-17-20)39-31-28(21(2)37-39)29(24-12-6-7-13-25(24)33)38-27-15-9-8-14-26(27)35-30(32(38)36-31)34-22-10-4-3-5-11-22/h3-19,29H,1-2H3,(H,34,35)/t29-/m1/s1. The molecule has 0 fully saturated rings. The first-order valence-corrected chi connectivity index (χ1v) is 12.9. The van der Waals surface area contributed by atoms with Gasteiger partial charge in [-0.1, -0.05) is 66.2 Å². The third-order valence-electron chi connectivity index (χ3n) is 7.15. The Labute approximate surface area is 225 Å². The minimum atomic E-state index is -0.503. The zero-order valence-electron chi connectivity index (χ0n) is 21.5. The van der Waals surface area contributed by atoms with Gasteiger partial charge in [0.25, 0.3) is 0 Å². The maximum atomic E-state index is 15.6. The van der Waals surface area contributed by atoms with Gasteiger partial charge in [0.05, 0.1) is 28.8 Å². The summed E-state index contributed by atoms with van der Waals surface area (Å²) in [7, 11) is 0. The lowest BCUT2D eigenvalue weighted by Gasteiger charge is -2.40. The first kappa shape index (κ1) is 23.1. The molecule has 5 aromatic rings. The zero-order chi connectivity index (χ0) is 26.5. The molecular formula is C32H25FN6. The summed E-state index contributed by atoms with van der Waals surface area (Å²) in [6.45, 7) is 4.02. The van der Waals surface area contributed by atoms with E-state index < -0.39 is 6.04 Å². The van der Waals surface area contributed by atoms with Gasteiger partial charge in [-0.05, 0) is 56.3 Å². The van der Waals surface area contributed by atoms with E-state index in [-0.39, 0.29) is 5.82 Å². The Bertz CT molecular complexity index is 1770. The van der Waals surface area contributed by atoms with E-state index >= 15 is 4.39 Å². The van der Waals surface area contributed by atoms with E-state index in [1.807, 2.05) is 90.5 Å². The van der Waals surface area contributed by atoms with Gasteiger partial charge >= 0.3 is 0 Å². The average Bonchev–Trinajstić information content (AvgIpc) is 3.29. The van der Waals surface area contributed by atoms with Crippen LogP contribution in [0.5, 0.6) is 0 Å². The molecule has 0 saturated heterocycles. The third-order valence-corrected chi connectivity index (χ3v) is 7.15. The quantitative estimate of drug-likeness (QED) is 0.274. The van der Waals surface area contributed by atoms with E-state index in [4.69, 9.17) is 15.1 Å². The van der Waals surface area contributed by atoms with Crippen LogP contribution < -0.4 is 10.2 Å². The summed E-state index contributed by atoms with van der Waals surface area (Å²) in [5, 5.41) is 8.39. The van der Waals surface area contributed by atoms with Gasteiger partial charge in [0.2, 0.25) is 0 Å². The van der Waals surface area contributed by atoms with Gasteiger partial charge < -0.3 is 10.2 Å². The van der Waals surface area contributed by atoms with Crippen LogP contribution in [-0.2, 0) is 0 Å². The van der Waals surface area contributed by atoms with Crippen LogP contribution in [0.4, 0.5) is 27.3 Å². The van der Waals surface area contributed by atoms with Crippen LogP contribution in [0.2, 0.25) is 0 Å². The SMILES string of the molecule is Cc1ccc(-n2nc(C)c3c2N=C2C(Nc4ccccc4)=Nc4ccccc4N2[C@@H]3c2ccccc2F)cc1. The van der Waals surface area contributed by atoms with Crippen LogP contribution in [-0.4, -0.2) is 21.5 Å². The van der Waals surface area contributed by atoms with Crippen molar-refractivity contribution < 1.29 is 4.39 Å². The molecule has 2 aliphatic rings. The summed E-state index contributed by atoms with van der Waals surface area (Å²) < 4.78 is 17.5. The van der Waals surface area contributed by atoms with Crippen molar-refractivity contribution in [1.29, 1.82) is 0 Å². The molecule has 39 heavy (non-hydrogen) atoms. The second-order valence-electron chi connectivity index (χ2n) is 9.74. The topological polar surface area (TPSA) is 57.8 Å². The molecule has 0 unspecified atom stereocenters. The van der Waals surface area contributed by atoms with E-state index in [9.17, 15) is 0 Å². The highest BCUT2D eigenvalue weighted by atomic mass is 19.1. The molecule has 190 valence electrons. The second-order valence-corrected chi connectivity index (χ2v) is 9.74. The molecule has 0 bridgehead atoms. The van der Waals surface area contributed by atoms with Crippen molar-refractivity contribution in [1.82, 2.24) is 9.78 Å². The Kier molecular flexibility index (Phi) is 5.37. The summed E-state index contributed by atoms with van der Waals surface area (Å²) in [5.41, 5.74) is 6.77. The molecule has 2 aliphatic heterocycles. The number of hydrogen-bond acceptors (Lipinski definition) is 5. The van der Waals surface area contributed by atoms with Crippen molar-refractivity contribution in [2.24, 2.45) is 9.98 Å². The number of fused-ring (bicyclic) bond motifs is 4. The fourth-order valence-corrected chi connectivity index (χ4v) is 5.31. The monoisotopic (exact) mass is 512 g/mol. The number of anilines is 2. The number of amidine groups is 2. The van der Waals surface area contributed by atoms with Crippen molar-refractivity contribution in [3.63, 3.8) is 0 Å². The molecule has 0 radical (unpaired) electrons. The third kappa shape index (κ3) is 3.82. The second kappa shape index (κ2) is 9.06. The molecule has 0 aliphatic carbocycles. The minimum Gasteiger partial charge on any atom is -0.337 e. The van der Waals surface area contributed by atoms with Gasteiger partial charge in [-0.25, -0.2) is 19.1 Å². The first-order chi connectivity index (χ1) is 19.1. The molecule has 0 saturated carbocycles. The van der Waals surface area contributed by atoms with Gasteiger partial charge in [0.15, 0.2) is 17.5 Å². The van der Waals surface area contributed by atoms with Crippen LogP contribution in [0.1, 0.15) is 28.4 Å². The van der Waals surface area contributed by atoms with E-state index in [1.165, 1.54) is 6.07 Å². The Morgan fingerprint density at radius 3 is 2.28 bits per heavy atom. The molecular weight excluding hydrogens is 487 g/mol. The number of nitrogens with one attached hydrogen (secondary N) is 1. The molecule has 1 atom stereocenters. The Balaban J connectivity index is 1.52. The predicted octanol–water partition coefficient (Wildman–Crippen LogP) is 7.42. The number of halogens is 1. The summed E-state index contributed by atoms with van der Waals surface area (Å²) in [6, 6.07) is 32.4. The molecule has 3 heterocycles. The number of hydrogen-bond donors (Lipinski definition) is 1. The number of para-hydroxylation sites is 3. The highest BCUT2D eigenvalue weighted by Gasteiger charge is 2.42. The highest BCUT2D eigenvalue weighted by molar-refractivity contribution is 6.51. The van der Waals surface area contributed by atoms with Crippen LogP contribution >= 0.6 is 0 Å². The lowest BCUT2D eigenvalue weighted by atomic mass is 9.93. The van der Waals surface area contributed by atoms with Gasteiger partial charge in [-0.3, -0.25) is 0 Å². The van der Waals surface area contributed by atoms with Crippen LogP contribution in [0.3, 0.4) is 0 Å². The maximum absolute atomic E-state index is 15.6. The Morgan fingerprint density at radius 1 is 0.769 bits per heavy atom. The van der Waals surface area contributed by atoms with Crippen molar-refractivity contribution in [3.05, 3.63) is 131 Å². The molecule has 0 spiro atoms. The number of rotatable bonds is 3. The highest BCUT2D eigenvalue weighted by Crippen LogP contribution is 2.48. The molecule has 4 aromatic carbocycles. The summed E-state index contributed by atoms with van der Waals surface area (Å²) in [5.74, 6) is 1.57. The van der Waals surface area contributed by atoms with Crippen molar-refractivity contribution in [3.8, 4) is 5.69 Å². The smallest absolute Gasteiger partial charge is 0.179 e. The van der Waals surface area contributed by atoms with E-state index in [2.05, 4.69) is 29.3 Å². The van der Waals surface area contributed by atoms with Crippen LogP contribution in [0.15, 0.2) is 113 Å². The first-order valence-electron chi connectivity index (χ1n) is 12.9. The lowest BCUT2D eigenvalue weighted by Crippen LogP contribution is -2.46. The lowest BCUT2D eigenvalue weighted by molar-refractivity contribution is 0.597. The average molecular weight is 513 g/mol. The van der Waals surface area contributed by atoms with E-state index in [1.54, 1.807) is 6.07 Å². The number of nitrogens with zero attached hydrogens (tertiary/aromatic N) is 5. The van der Waals surface area contributed by atoms with Gasteiger partial charge in [-0.15, -0.1) is 0 Å². The van der Waals surface area contributed by atoms with E-state index in [0.717, 1.165) is 39.6 Å². The molecule has 1 aromatic heterocycles. The van der Waals surface area contributed by atoms with Crippen molar-refractivity contribution in [2.45, 2.75) is 19.9 Å². The van der Waals surface area contributed by atoms with E-state index in [0.29, 0.717) is 23.1 Å². The Morgan fingerprint density at radius 2 is 1.49 bits per heavy atom. The predicted molar refractivity (Wildman–Crippen MR) is 154 cm³/mol. The maximum Gasteiger partial charge on any atom is 0.179 e. The summed E-state index contributed by atoms with van der Waals surface area (Å²) in [4.78, 5) is 12.3. The van der Waals surface area contributed by atoms with Crippen molar-refractivity contribution in [2.75, 3.05) is 10.2 Å². The Hall–Kier alpha value is -5.04. The largest absolute Gasteiger partial charge is 0.337 e. The van der Waals surface area contributed by atoms with Crippen LogP contribution in [0, 0.1) is 19.7 Å². The normalized spacial score (nSPS) is 15.6. The molecule has 7 heteroatoms. The molecule has 7 rings (SSSR count). The van der Waals surface area contributed by atoms with Gasteiger partial charge in [-0.2, -0.15) is 5.10 Å².